The third kappa shape index (κ3) is 9.43. The Morgan fingerprint density at radius 1 is 1.25 bits per heavy atom. The van der Waals surface area contributed by atoms with Crippen molar-refractivity contribution in [1.29, 1.82) is 0 Å². The van der Waals surface area contributed by atoms with E-state index in [4.69, 9.17) is 14.2 Å². The molecular weight excluding hydrogens is 469 g/mol. The summed E-state index contributed by atoms with van der Waals surface area (Å²) in [6.45, 7) is 8.84. The SMILES string of the molecule is CCCCOCCCNC(=NC)NCc1ccc(C)cc1OC1CCOC1.I. The van der Waals surface area contributed by atoms with Crippen LogP contribution in [-0.2, 0) is 16.0 Å². The predicted molar refractivity (Wildman–Crippen MR) is 125 cm³/mol. The van der Waals surface area contributed by atoms with Crippen LogP contribution in [0, 0.1) is 6.92 Å². The van der Waals surface area contributed by atoms with Crippen LogP contribution < -0.4 is 15.4 Å². The van der Waals surface area contributed by atoms with Gasteiger partial charge in [-0.25, -0.2) is 0 Å². The van der Waals surface area contributed by atoms with Crippen LogP contribution in [0.3, 0.4) is 0 Å². The molecule has 0 aromatic heterocycles. The minimum Gasteiger partial charge on any atom is -0.488 e. The first-order chi connectivity index (χ1) is 13.2. The van der Waals surface area contributed by atoms with E-state index >= 15 is 0 Å². The van der Waals surface area contributed by atoms with Crippen molar-refractivity contribution in [3.63, 3.8) is 0 Å². The van der Waals surface area contributed by atoms with Gasteiger partial charge in [-0.3, -0.25) is 4.99 Å². The predicted octanol–water partition coefficient (Wildman–Crippen LogP) is 3.65. The van der Waals surface area contributed by atoms with Crippen molar-refractivity contribution in [2.75, 3.05) is 40.0 Å². The van der Waals surface area contributed by atoms with Crippen molar-refractivity contribution < 1.29 is 14.2 Å². The highest BCUT2D eigenvalue weighted by Crippen LogP contribution is 2.23. The maximum atomic E-state index is 6.16. The van der Waals surface area contributed by atoms with Crippen molar-refractivity contribution in [1.82, 2.24) is 10.6 Å². The molecule has 6 nitrogen and oxygen atoms in total. The molecule has 0 amide bonds. The third-order valence-electron chi connectivity index (χ3n) is 4.47. The number of halogens is 1. The second-order valence-corrected chi connectivity index (χ2v) is 6.89. The summed E-state index contributed by atoms with van der Waals surface area (Å²) in [6.07, 6.45) is 4.36. The molecule has 1 saturated heterocycles. The van der Waals surface area contributed by atoms with Gasteiger partial charge in [0.15, 0.2) is 5.96 Å². The van der Waals surface area contributed by atoms with Crippen molar-refractivity contribution in [2.45, 2.75) is 52.2 Å². The minimum atomic E-state index is 0. The van der Waals surface area contributed by atoms with Crippen LogP contribution in [0.2, 0.25) is 0 Å². The minimum absolute atomic E-state index is 0. The lowest BCUT2D eigenvalue weighted by Gasteiger charge is -2.18. The molecule has 1 unspecified atom stereocenters. The number of nitrogens with one attached hydrogen (secondary N) is 2. The highest BCUT2D eigenvalue weighted by molar-refractivity contribution is 14.0. The number of hydrogen-bond acceptors (Lipinski definition) is 4. The highest BCUT2D eigenvalue weighted by Gasteiger charge is 2.18. The summed E-state index contributed by atoms with van der Waals surface area (Å²) in [6, 6.07) is 6.32. The second kappa shape index (κ2) is 14.9. The normalized spacial score (nSPS) is 16.5. The molecule has 7 heteroatoms. The maximum absolute atomic E-state index is 6.16. The number of rotatable bonds is 11. The summed E-state index contributed by atoms with van der Waals surface area (Å²) >= 11 is 0. The molecule has 28 heavy (non-hydrogen) atoms. The monoisotopic (exact) mass is 505 g/mol. The standard InChI is InChI=1S/C21H35N3O3.HI/c1-4-5-11-25-12-6-10-23-21(22-3)24-15-18-8-7-17(2)14-20(18)27-19-9-13-26-16-19;/h7-8,14,19H,4-6,9-13,15-16H2,1-3H3,(H2,22,23,24);1H. The van der Waals surface area contributed by atoms with Gasteiger partial charge in [0.2, 0.25) is 0 Å². The lowest BCUT2D eigenvalue weighted by Crippen LogP contribution is -2.37. The number of benzene rings is 1. The Labute approximate surface area is 186 Å². The van der Waals surface area contributed by atoms with E-state index in [0.717, 1.165) is 62.9 Å². The van der Waals surface area contributed by atoms with Gasteiger partial charge >= 0.3 is 0 Å². The van der Waals surface area contributed by atoms with Crippen LogP contribution in [-0.4, -0.2) is 52.1 Å². The first-order valence-electron chi connectivity index (χ1n) is 10.1. The average Bonchev–Trinajstić information content (AvgIpc) is 3.18. The Morgan fingerprint density at radius 3 is 2.79 bits per heavy atom. The van der Waals surface area contributed by atoms with Gasteiger partial charge in [-0.2, -0.15) is 0 Å². The van der Waals surface area contributed by atoms with Gasteiger partial charge in [0.05, 0.1) is 13.2 Å². The fourth-order valence-electron chi connectivity index (χ4n) is 2.83. The fourth-order valence-corrected chi connectivity index (χ4v) is 2.83. The summed E-state index contributed by atoms with van der Waals surface area (Å²) < 4.78 is 17.2. The van der Waals surface area contributed by atoms with Crippen LogP contribution in [0.25, 0.3) is 0 Å². The number of hydrogen-bond donors (Lipinski definition) is 2. The van der Waals surface area contributed by atoms with Crippen LogP contribution in [0.4, 0.5) is 0 Å². The van der Waals surface area contributed by atoms with Gasteiger partial charge in [0.1, 0.15) is 11.9 Å². The summed E-state index contributed by atoms with van der Waals surface area (Å²) in [4.78, 5) is 4.29. The Bertz CT molecular complexity index is 578. The molecular formula is C21H36IN3O3. The molecule has 1 aromatic carbocycles. The number of guanidine groups is 1. The highest BCUT2D eigenvalue weighted by atomic mass is 127. The average molecular weight is 505 g/mol. The van der Waals surface area contributed by atoms with Crippen LogP contribution >= 0.6 is 24.0 Å². The molecule has 2 rings (SSSR count). The largest absolute Gasteiger partial charge is 0.488 e. The van der Waals surface area contributed by atoms with Crippen LogP contribution in [0.15, 0.2) is 23.2 Å². The summed E-state index contributed by atoms with van der Waals surface area (Å²) in [5, 5.41) is 6.70. The van der Waals surface area contributed by atoms with E-state index in [1.807, 2.05) is 0 Å². The van der Waals surface area contributed by atoms with E-state index in [0.29, 0.717) is 13.2 Å². The zero-order valence-corrected chi connectivity index (χ0v) is 19.8. The lowest BCUT2D eigenvalue weighted by molar-refractivity contribution is 0.129. The summed E-state index contributed by atoms with van der Waals surface area (Å²) in [5.74, 6) is 1.72. The molecule has 1 aliphatic heterocycles. The Morgan fingerprint density at radius 2 is 2.07 bits per heavy atom. The number of aliphatic imine (C=N–C) groups is 1. The first kappa shape index (κ1) is 25.0. The summed E-state index contributed by atoms with van der Waals surface area (Å²) in [5.41, 5.74) is 2.32. The Hall–Kier alpha value is -1.06. The number of nitrogens with zero attached hydrogens (tertiary/aromatic N) is 1. The maximum Gasteiger partial charge on any atom is 0.191 e. The zero-order valence-electron chi connectivity index (χ0n) is 17.5. The number of unbranched alkanes of at least 4 members (excludes halogenated alkanes) is 1. The Balaban J connectivity index is 0.00000392. The van der Waals surface area contributed by atoms with Crippen molar-refractivity contribution >= 4 is 29.9 Å². The van der Waals surface area contributed by atoms with E-state index in [-0.39, 0.29) is 30.1 Å². The Kier molecular flexibility index (Phi) is 13.3. The fraction of sp³-hybridized carbons (Fsp3) is 0.667. The van der Waals surface area contributed by atoms with E-state index in [1.54, 1.807) is 7.05 Å². The van der Waals surface area contributed by atoms with Crippen LogP contribution in [0.1, 0.15) is 43.7 Å². The molecule has 0 spiro atoms. The van der Waals surface area contributed by atoms with Crippen molar-refractivity contribution in [2.24, 2.45) is 4.99 Å². The van der Waals surface area contributed by atoms with Gasteiger partial charge < -0.3 is 24.8 Å². The molecule has 1 fully saturated rings. The molecule has 1 aliphatic rings. The number of aryl methyl sites for hydroxylation is 1. The van der Waals surface area contributed by atoms with Gasteiger partial charge in [-0.1, -0.05) is 25.5 Å². The lowest BCUT2D eigenvalue weighted by atomic mass is 10.1. The molecule has 2 N–H and O–H groups in total. The molecule has 0 saturated carbocycles. The first-order valence-corrected chi connectivity index (χ1v) is 10.1. The van der Waals surface area contributed by atoms with Crippen molar-refractivity contribution in [3.05, 3.63) is 29.3 Å². The zero-order chi connectivity index (χ0) is 19.3. The van der Waals surface area contributed by atoms with Crippen molar-refractivity contribution in [3.8, 4) is 5.75 Å². The molecule has 0 bridgehead atoms. The van der Waals surface area contributed by atoms with Gasteiger partial charge in [-0.15, -0.1) is 24.0 Å². The molecule has 1 atom stereocenters. The smallest absolute Gasteiger partial charge is 0.191 e. The van der Waals surface area contributed by atoms with E-state index in [2.05, 4.69) is 47.7 Å². The quantitative estimate of drug-likeness (QED) is 0.208. The molecule has 0 radical (unpaired) electrons. The van der Waals surface area contributed by atoms with E-state index in [9.17, 15) is 0 Å². The number of ether oxygens (including phenoxy) is 3. The van der Waals surface area contributed by atoms with E-state index < -0.39 is 0 Å². The van der Waals surface area contributed by atoms with Gasteiger partial charge in [0.25, 0.3) is 0 Å². The molecule has 160 valence electrons. The molecule has 1 aromatic rings. The van der Waals surface area contributed by atoms with E-state index in [1.165, 1.54) is 12.0 Å². The molecule has 0 aliphatic carbocycles. The third-order valence-corrected chi connectivity index (χ3v) is 4.47. The second-order valence-electron chi connectivity index (χ2n) is 6.89. The van der Waals surface area contributed by atoms with Crippen LogP contribution in [0.5, 0.6) is 5.75 Å². The van der Waals surface area contributed by atoms with Gasteiger partial charge in [0, 0.05) is 45.3 Å². The topological polar surface area (TPSA) is 64.1 Å². The summed E-state index contributed by atoms with van der Waals surface area (Å²) in [7, 11) is 1.79. The molecule has 1 heterocycles. The van der Waals surface area contributed by atoms with Gasteiger partial charge in [-0.05, 0) is 31.4 Å².